The maximum absolute atomic E-state index is 3.75. The zero-order chi connectivity index (χ0) is 15.2. The van der Waals surface area contributed by atoms with Crippen LogP contribution in [-0.2, 0) is 0 Å². The molecule has 0 amide bonds. The Morgan fingerprint density at radius 2 is 1.86 bits per heavy atom. The van der Waals surface area contributed by atoms with E-state index in [9.17, 15) is 0 Å². The maximum atomic E-state index is 3.75. The zero-order valence-corrected chi connectivity index (χ0v) is 15.8. The molecule has 3 heteroatoms. The number of hydrogen-bond donors (Lipinski definition) is 1. The Balaban J connectivity index is 1.97. The van der Waals surface area contributed by atoms with Crippen LogP contribution in [0.25, 0.3) is 0 Å². The molecule has 0 heterocycles. The molecule has 1 aliphatic rings. The lowest BCUT2D eigenvalue weighted by atomic mass is 9.74. The molecule has 2 rings (SSSR count). The van der Waals surface area contributed by atoms with Crippen LogP contribution in [0.3, 0.4) is 0 Å². The van der Waals surface area contributed by atoms with Crippen LogP contribution in [0.5, 0.6) is 0 Å². The summed E-state index contributed by atoms with van der Waals surface area (Å²) in [6.07, 6.45) is 4.18. The Kier molecular flexibility index (Phi) is 7.11. The largest absolute Gasteiger partial charge is 0.313 e. The van der Waals surface area contributed by atoms with Crippen molar-refractivity contribution in [3.63, 3.8) is 0 Å². The fraction of sp³-hybridized carbons (Fsp3) is 0.667. The summed E-state index contributed by atoms with van der Waals surface area (Å²) in [5.74, 6) is 3.76. The molecule has 3 unspecified atom stereocenters. The van der Waals surface area contributed by atoms with Gasteiger partial charge in [0.25, 0.3) is 0 Å². The smallest absolute Gasteiger partial charge is 0.0311 e. The van der Waals surface area contributed by atoms with Crippen molar-refractivity contribution in [1.82, 2.24) is 5.32 Å². The molecule has 0 radical (unpaired) electrons. The highest BCUT2D eigenvalue weighted by molar-refractivity contribution is 9.10. The summed E-state index contributed by atoms with van der Waals surface area (Å²) in [5.41, 5.74) is 0. The highest BCUT2D eigenvalue weighted by Gasteiger charge is 2.29. The van der Waals surface area contributed by atoms with Gasteiger partial charge in [-0.05, 0) is 71.6 Å². The highest BCUT2D eigenvalue weighted by Crippen LogP contribution is 2.37. The molecule has 1 fully saturated rings. The molecular formula is C18H28BrNS. The fourth-order valence-electron chi connectivity index (χ4n) is 3.70. The van der Waals surface area contributed by atoms with E-state index in [1.54, 1.807) is 0 Å². The molecule has 1 nitrogen and oxygen atoms in total. The van der Waals surface area contributed by atoms with Gasteiger partial charge in [-0.3, -0.25) is 0 Å². The molecule has 21 heavy (non-hydrogen) atoms. The number of thioether (sulfide) groups is 1. The number of benzene rings is 1. The van der Waals surface area contributed by atoms with E-state index in [-0.39, 0.29) is 0 Å². The van der Waals surface area contributed by atoms with Gasteiger partial charge in [-0.25, -0.2) is 0 Å². The molecule has 1 aliphatic carbocycles. The zero-order valence-electron chi connectivity index (χ0n) is 13.4. The van der Waals surface area contributed by atoms with Gasteiger partial charge in [0.2, 0.25) is 0 Å². The molecule has 3 atom stereocenters. The second kappa shape index (κ2) is 8.59. The summed E-state index contributed by atoms with van der Waals surface area (Å²) in [6, 6.07) is 9.19. The molecule has 1 N–H and O–H groups in total. The minimum atomic E-state index is 0.636. The van der Waals surface area contributed by atoms with Gasteiger partial charge in [0.1, 0.15) is 0 Å². The summed E-state index contributed by atoms with van der Waals surface area (Å²) in [6.45, 7) is 8.14. The Morgan fingerprint density at radius 1 is 1.19 bits per heavy atom. The van der Waals surface area contributed by atoms with Crippen LogP contribution < -0.4 is 5.32 Å². The number of hydrogen-bond acceptors (Lipinski definition) is 2. The molecule has 0 bridgehead atoms. The van der Waals surface area contributed by atoms with E-state index in [4.69, 9.17) is 0 Å². The molecule has 118 valence electrons. The highest BCUT2D eigenvalue weighted by atomic mass is 79.9. The molecule has 1 aromatic carbocycles. The number of rotatable bonds is 6. The van der Waals surface area contributed by atoms with Gasteiger partial charge in [0, 0.05) is 21.2 Å². The van der Waals surface area contributed by atoms with Gasteiger partial charge < -0.3 is 5.32 Å². The molecular weight excluding hydrogens is 342 g/mol. The van der Waals surface area contributed by atoms with Gasteiger partial charge in [0.15, 0.2) is 0 Å². The van der Waals surface area contributed by atoms with Crippen LogP contribution in [0.4, 0.5) is 0 Å². The van der Waals surface area contributed by atoms with Gasteiger partial charge in [-0.1, -0.05) is 32.9 Å². The van der Waals surface area contributed by atoms with Crippen molar-refractivity contribution in [3.05, 3.63) is 28.7 Å². The Morgan fingerprint density at radius 3 is 2.48 bits per heavy atom. The average Bonchev–Trinajstić information content (AvgIpc) is 2.44. The summed E-state index contributed by atoms with van der Waals surface area (Å²) in [4.78, 5) is 1.36. The lowest BCUT2D eigenvalue weighted by Crippen LogP contribution is -2.41. The average molecular weight is 370 g/mol. The van der Waals surface area contributed by atoms with Crippen LogP contribution in [0.1, 0.15) is 40.0 Å². The van der Waals surface area contributed by atoms with Crippen LogP contribution in [-0.4, -0.2) is 18.3 Å². The first-order valence-corrected chi connectivity index (χ1v) is 9.98. The lowest BCUT2D eigenvalue weighted by Gasteiger charge is -2.37. The van der Waals surface area contributed by atoms with Gasteiger partial charge >= 0.3 is 0 Å². The minimum absolute atomic E-state index is 0.636. The van der Waals surface area contributed by atoms with Crippen molar-refractivity contribution in [2.45, 2.75) is 51.0 Å². The van der Waals surface area contributed by atoms with Crippen molar-refractivity contribution in [2.24, 2.45) is 17.8 Å². The third kappa shape index (κ3) is 5.30. The van der Waals surface area contributed by atoms with Crippen molar-refractivity contribution in [1.29, 1.82) is 0 Å². The predicted molar refractivity (Wildman–Crippen MR) is 98.0 cm³/mol. The Bertz CT molecular complexity index is 427. The predicted octanol–water partition coefficient (Wildman–Crippen LogP) is 5.59. The van der Waals surface area contributed by atoms with Crippen LogP contribution in [0.2, 0.25) is 0 Å². The van der Waals surface area contributed by atoms with E-state index in [1.807, 2.05) is 11.8 Å². The van der Waals surface area contributed by atoms with Crippen molar-refractivity contribution in [3.8, 4) is 0 Å². The standard InChI is InChI=1S/C18H28BrNS/c1-4-20-17(15-10-13(2)9-14(3)11-15)12-21-18-8-6-5-7-16(18)19/h5-8,13-15,17,20H,4,9-12H2,1-3H3. The Hall–Kier alpha value is 0.01000. The van der Waals surface area contributed by atoms with E-state index in [0.717, 1.165) is 24.3 Å². The number of nitrogens with one attached hydrogen (secondary N) is 1. The van der Waals surface area contributed by atoms with Gasteiger partial charge in [-0.2, -0.15) is 0 Å². The van der Waals surface area contributed by atoms with E-state index in [0.29, 0.717) is 6.04 Å². The molecule has 1 aromatic rings. The second-order valence-corrected chi connectivity index (χ2v) is 8.50. The van der Waals surface area contributed by atoms with Crippen molar-refractivity contribution in [2.75, 3.05) is 12.3 Å². The van der Waals surface area contributed by atoms with E-state index in [2.05, 4.69) is 66.3 Å². The van der Waals surface area contributed by atoms with Crippen LogP contribution >= 0.6 is 27.7 Å². The molecule has 1 saturated carbocycles. The number of halogens is 1. The van der Waals surface area contributed by atoms with Crippen molar-refractivity contribution < 1.29 is 0 Å². The quantitative estimate of drug-likeness (QED) is 0.655. The summed E-state index contributed by atoms with van der Waals surface area (Å²) < 4.78 is 1.22. The fourth-order valence-corrected chi connectivity index (χ4v) is 5.46. The third-order valence-corrected chi connectivity index (χ3v) is 6.65. The normalized spacial score (nSPS) is 27.5. The van der Waals surface area contributed by atoms with E-state index in [1.165, 1.54) is 34.4 Å². The first-order valence-electron chi connectivity index (χ1n) is 8.20. The summed E-state index contributed by atoms with van der Waals surface area (Å²) in [7, 11) is 0. The Labute approximate surface area is 142 Å². The first kappa shape index (κ1) is 17.4. The van der Waals surface area contributed by atoms with Crippen molar-refractivity contribution >= 4 is 27.7 Å². The van der Waals surface area contributed by atoms with Crippen LogP contribution in [0, 0.1) is 17.8 Å². The lowest BCUT2D eigenvalue weighted by molar-refractivity contribution is 0.185. The van der Waals surface area contributed by atoms with Gasteiger partial charge in [0.05, 0.1) is 0 Å². The topological polar surface area (TPSA) is 12.0 Å². The van der Waals surface area contributed by atoms with E-state index >= 15 is 0 Å². The summed E-state index contributed by atoms with van der Waals surface area (Å²) >= 11 is 5.64. The third-order valence-electron chi connectivity index (χ3n) is 4.51. The maximum Gasteiger partial charge on any atom is 0.0311 e. The van der Waals surface area contributed by atoms with Crippen LogP contribution in [0.15, 0.2) is 33.6 Å². The molecule has 0 saturated heterocycles. The first-order chi connectivity index (χ1) is 10.1. The minimum Gasteiger partial charge on any atom is -0.313 e. The summed E-state index contributed by atoms with van der Waals surface area (Å²) in [5, 5.41) is 3.75. The van der Waals surface area contributed by atoms with Gasteiger partial charge in [-0.15, -0.1) is 11.8 Å². The van der Waals surface area contributed by atoms with E-state index < -0.39 is 0 Å². The molecule has 0 spiro atoms. The SMILES string of the molecule is CCNC(CSc1ccccc1Br)C1CC(C)CC(C)C1. The second-order valence-electron chi connectivity index (χ2n) is 6.58. The molecule has 0 aromatic heterocycles. The monoisotopic (exact) mass is 369 g/mol. The molecule has 0 aliphatic heterocycles.